The van der Waals surface area contributed by atoms with Gasteiger partial charge in [0.2, 0.25) is 5.88 Å². The van der Waals surface area contributed by atoms with Crippen molar-refractivity contribution in [1.82, 2.24) is 24.9 Å². The lowest BCUT2D eigenvalue weighted by Gasteiger charge is -2.14. The number of amides is 1. The maximum atomic E-state index is 12.9. The van der Waals surface area contributed by atoms with Crippen molar-refractivity contribution >= 4 is 28.9 Å². The Morgan fingerprint density at radius 3 is 2.90 bits per heavy atom. The van der Waals surface area contributed by atoms with Crippen molar-refractivity contribution in [2.75, 3.05) is 17.7 Å². The van der Waals surface area contributed by atoms with Crippen molar-refractivity contribution in [3.8, 4) is 5.88 Å². The zero-order chi connectivity index (χ0) is 21.4. The number of anilines is 3. The molecule has 2 saturated carbocycles. The quantitative estimate of drug-likeness (QED) is 0.455. The minimum Gasteiger partial charge on any atom is -0.473 e. The Hall–Kier alpha value is -3.40. The molecule has 10 heteroatoms. The van der Waals surface area contributed by atoms with Gasteiger partial charge in [-0.3, -0.25) is 4.79 Å². The minimum absolute atomic E-state index is 0.0416. The average molecular weight is 423 g/mol. The highest BCUT2D eigenvalue weighted by Crippen LogP contribution is 2.32. The zero-order valence-electron chi connectivity index (χ0n) is 17.2. The van der Waals surface area contributed by atoms with Crippen molar-refractivity contribution in [2.45, 2.75) is 50.4 Å². The van der Waals surface area contributed by atoms with E-state index in [0.29, 0.717) is 47.3 Å². The summed E-state index contributed by atoms with van der Waals surface area (Å²) in [4.78, 5) is 21.8. The number of aliphatic hydroxyl groups excluding tert-OH is 1. The molecule has 2 aliphatic carbocycles. The standard InChI is InChI=1S/C21H25N7O3/c1-22-18-10-17(26-16-3-2-8-23-21(16)31-14-6-7-14)27-19-15(11-24-28(18)19)20(30)25-12-4-5-13(29)9-12/h2-3,8,10-14,22,29H,4-7,9H2,1H3,(H,25,30)(H,26,27)/t12?,13-/m0/s1. The van der Waals surface area contributed by atoms with Gasteiger partial charge in [0, 0.05) is 25.4 Å². The largest absolute Gasteiger partial charge is 0.473 e. The van der Waals surface area contributed by atoms with Crippen LogP contribution in [0, 0.1) is 0 Å². The van der Waals surface area contributed by atoms with Gasteiger partial charge in [-0.25, -0.2) is 9.97 Å². The van der Waals surface area contributed by atoms with E-state index in [9.17, 15) is 9.90 Å². The Labute approximate surface area is 179 Å². The van der Waals surface area contributed by atoms with Gasteiger partial charge in [0.15, 0.2) is 5.65 Å². The van der Waals surface area contributed by atoms with Crippen LogP contribution < -0.4 is 20.7 Å². The second kappa shape index (κ2) is 8.03. The third-order valence-electron chi connectivity index (χ3n) is 5.55. The fourth-order valence-corrected chi connectivity index (χ4v) is 3.78. The molecule has 1 amide bonds. The van der Waals surface area contributed by atoms with Crippen molar-refractivity contribution in [1.29, 1.82) is 0 Å². The molecule has 162 valence electrons. The molecule has 3 aromatic rings. The Kier molecular flexibility index (Phi) is 5.06. The van der Waals surface area contributed by atoms with Gasteiger partial charge in [-0.2, -0.15) is 9.61 Å². The van der Waals surface area contributed by atoms with Gasteiger partial charge >= 0.3 is 0 Å². The first-order valence-corrected chi connectivity index (χ1v) is 10.5. The third-order valence-corrected chi connectivity index (χ3v) is 5.55. The van der Waals surface area contributed by atoms with Crippen molar-refractivity contribution in [3.63, 3.8) is 0 Å². The lowest BCUT2D eigenvalue weighted by atomic mass is 10.2. The maximum Gasteiger partial charge on any atom is 0.256 e. The van der Waals surface area contributed by atoms with Gasteiger partial charge in [0.25, 0.3) is 5.91 Å². The molecule has 0 radical (unpaired) electrons. The van der Waals surface area contributed by atoms with Crippen LogP contribution in [-0.2, 0) is 0 Å². The van der Waals surface area contributed by atoms with Crippen molar-refractivity contribution < 1.29 is 14.6 Å². The monoisotopic (exact) mass is 423 g/mol. The van der Waals surface area contributed by atoms with Gasteiger partial charge < -0.3 is 25.8 Å². The first-order valence-electron chi connectivity index (χ1n) is 10.5. The summed E-state index contributed by atoms with van der Waals surface area (Å²) >= 11 is 0. The van der Waals surface area contributed by atoms with Crippen LogP contribution in [0.1, 0.15) is 42.5 Å². The smallest absolute Gasteiger partial charge is 0.256 e. The van der Waals surface area contributed by atoms with E-state index in [0.717, 1.165) is 19.3 Å². The van der Waals surface area contributed by atoms with Gasteiger partial charge in [-0.1, -0.05) is 0 Å². The number of rotatable bonds is 7. The first-order chi connectivity index (χ1) is 15.1. The fraction of sp³-hybridized carbons (Fsp3) is 0.429. The number of aliphatic hydroxyl groups is 1. The number of hydrogen-bond acceptors (Lipinski definition) is 8. The van der Waals surface area contributed by atoms with E-state index in [1.165, 1.54) is 6.20 Å². The molecule has 2 fully saturated rings. The van der Waals surface area contributed by atoms with Crippen LogP contribution in [0.5, 0.6) is 5.88 Å². The summed E-state index contributed by atoms with van der Waals surface area (Å²) in [6, 6.07) is 5.47. The summed E-state index contributed by atoms with van der Waals surface area (Å²) in [5, 5.41) is 23.4. The Morgan fingerprint density at radius 2 is 2.16 bits per heavy atom. The van der Waals surface area contributed by atoms with E-state index in [4.69, 9.17) is 4.74 Å². The molecule has 0 aromatic carbocycles. The summed E-state index contributed by atoms with van der Waals surface area (Å²) in [7, 11) is 1.78. The van der Waals surface area contributed by atoms with Gasteiger partial charge in [0.1, 0.15) is 29.0 Å². The van der Waals surface area contributed by atoms with Crippen LogP contribution in [-0.4, -0.2) is 55.9 Å². The number of fused-ring (bicyclic) bond motifs is 1. The van der Waals surface area contributed by atoms with Crippen LogP contribution in [0.3, 0.4) is 0 Å². The molecular weight excluding hydrogens is 398 g/mol. The Balaban J connectivity index is 1.44. The number of aromatic nitrogens is 4. The Bertz CT molecular complexity index is 1110. The van der Waals surface area contributed by atoms with E-state index < -0.39 is 0 Å². The van der Waals surface area contributed by atoms with Crippen molar-refractivity contribution in [2.24, 2.45) is 0 Å². The van der Waals surface area contributed by atoms with Crippen LogP contribution in [0.25, 0.3) is 5.65 Å². The van der Waals surface area contributed by atoms with Crippen LogP contribution in [0.15, 0.2) is 30.6 Å². The second-order valence-electron chi connectivity index (χ2n) is 8.01. The molecule has 2 atom stereocenters. The van der Waals surface area contributed by atoms with Gasteiger partial charge in [0.05, 0.1) is 12.3 Å². The summed E-state index contributed by atoms with van der Waals surface area (Å²) in [5.74, 6) is 1.50. The third kappa shape index (κ3) is 4.11. The molecule has 10 nitrogen and oxygen atoms in total. The minimum atomic E-state index is -0.356. The topological polar surface area (TPSA) is 126 Å². The van der Waals surface area contributed by atoms with E-state index in [2.05, 4.69) is 31.0 Å². The van der Waals surface area contributed by atoms with E-state index >= 15 is 0 Å². The molecule has 0 aliphatic heterocycles. The zero-order valence-corrected chi connectivity index (χ0v) is 17.2. The van der Waals surface area contributed by atoms with Crippen LogP contribution in [0.4, 0.5) is 17.3 Å². The normalized spacial score (nSPS) is 20.6. The lowest BCUT2D eigenvalue weighted by molar-refractivity contribution is 0.0935. The summed E-state index contributed by atoms with van der Waals surface area (Å²) in [5.41, 5.74) is 1.51. The number of nitrogens with zero attached hydrogens (tertiary/aromatic N) is 4. The first kappa shape index (κ1) is 19.6. The van der Waals surface area contributed by atoms with E-state index in [-0.39, 0.29) is 24.2 Å². The molecule has 4 N–H and O–H groups in total. The number of pyridine rings is 1. The molecule has 3 aromatic heterocycles. The lowest BCUT2D eigenvalue weighted by Crippen LogP contribution is -2.33. The fourth-order valence-electron chi connectivity index (χ4n) is 3.78. The molecule has 3 heterocycles. The van der Waals surface area contributed by atoms with Crippen LogP contribution in [0.2, 0.25) is 0 Å². The molecule has 31 heavy (non-hydrogen) atoms. The molecule has 0 spiro atoms. The highest BCUT2D eigenvalue weighted by Gasteiger charge is 2.27. The van der Waals surface area contributed by atoms with Gasteiger partial charge in [-0.15, -0.1) is 0 Å². The second-order valence-corrected chi connectivity index (χ2v) is 8.01. The molecule has 2 aliphatic rings. The number of hydrogen-bond donors (Lipinski definition) is 4. The summed E-state index contributed by atoms with van der Waals surface area (Å²) in [6.45, 7) is 0. The average Bonchev–Trinajstić information content (AvgIpc) is 3.32. The molecular formula is C21H25N7O3. The number of ether oxygens (including phenoxy) is 1. The number of carbonyl (C=O) groups is 1. The maximum absolute atomic E-state index is 12.9. The predicted octanol–water partition coefficient (Wildman–Crippen LogP) is 2.09. The summed E-state index contributed by atoms with van der Waals surface area (Å²) in [6.07, 6.45) is 7.18. The summed E-state index contributed by atoms with van der Waals surface area (Å²) < 4.78 is 7.48. The number of carbonyl (C=O) groups excluding carboxylic acids is 1. The van der Waals surface area contributed by atoms with Gasteiger partial charge in [-0.05, 0) is 44.2 Å². The molecule has 5 rings (SSSR count). The van der Waals surface area contributed by atoms with Crippen molar-refractivity contribution in [3.05, 3.63) is 36.2 Å². The highest BCUT2D eigenvalue weighted by atomic mass is 16.5. The Morgan fingerprint density at radius 1 is 1.29 bits per heavy atom. The predicted molar refractivity (Wildman–Crippen MR) is 115 cm³/mol. The molecule has 0 saturated heterocycles. The van der Waals surface area contributed by atoms with E-state index in [1.807, 2.05) is 18.2 Å². The number of nitrogens with one attached hydrogen (secondary N) is 3. The van der Waals surface area contributed by atoms with E-state index in [1.54, 1.807) is 17.8 Å². The highest BCUT2D eigenvalue weighted by molar-refractivity contribution is 6.00. The molecule has 0 bridgehead atoms. The SMILES string of the molecule is CNc1cc(Nc2cccnc2OC2CC2)nc2c(C(=O)NC3CC[C@H](O)C3)cnn12. The molecule has 1 unspecified atom stereocenters. The van der Waals surface area contributed by atoms with Crippen LogP contribution >= 0.6 is 0 Å².